The zero-order valence-corrected chi connectivity index (χ0v) is 11.4. The van der Waals surface area contributed by atoms with Gasteiger partial charge in [0, 0.05) is 35.8 Å². The summed E-state index contributed by atoms with van der Waals surface area (Å²) in [4.78, 5) is 17.7. The van der Waals surface area contributed by atoms with E-state index in [0.29, 0.717) is 23.7 Å². The van der Waals surface area contributed by atoms with Crippen LogP contribution in [-0.4, -0.2) is 35.3 Å². The molecule has 2 fully saturated rings. The first kappa shape index (κ1) is 12.6. The lowest BCUT2D eigenvalue weighted by Crippen LogP contribution is -2.63. The largest absolute Gasteiger partial charge is 0.478 e. The highest BCUT2D eigenvalue weighted by molar-refractivity contribution is 6.03. The second-order valence-corrected chi connectivity index (χ2v) is 6.23. The number of alkyl halides is 1. The number of rotatable bonds is 2. The minimum absolute atomic E-state index is 0.166. The van der Waals surface area contributed by atoms with Crippen LogP contribution in [0.25, 0.3) is 10.9 Å². The molecule has 21 heavy (non-hydrogen) atoms. The Labute approximate surface area is 121 Å². The second kappa shape index (κ2) is 4.16. The fourth-order valence-corrected chi connectivity index (χ4v) is 3.60. The summed E-state index contributed by atoms with van der Waals surface area (Å²) in [7, 11) is 0. The lowest BCUT2D eigenvalue weighted by molar-refractivity contribution is 0.000864. The smallest absolute Gasteiger partial charge is 0.336 e. The number of hydrogen-bond acceptors (Lipinski definition) is 3. The van der Waals surface area contributed by atoms with Crippen LogP contribution in [0.5, 0.6) is 0 Å². The maximum Gasteiger partial charge on any atom is 0.336 e. The monoisotopic (exact) mass is 286 g/mol. The van der Waals surface area contributed by atoms with Gasteiger partial charge in [0.05, 0.1) is 11.1 Å². The van der Waals surface area contributed by atoms with E-state index in [9.17, 15) is 14.3 Å². The number of aromatic carboxylic acids is 1. The first-order valence-electron chi connectivity index (χ1n) is 7.07. The van der Waals surface area contributed by atoms with Crippen LogP contribution in [0.15, 0.2) is 30.5 Å². The van der Waals surface area contributed by atoms with E-state index in [1.807, 2.05) is 18.2 Å². The average Bonchev–Trinajstić information content (AvgIpc) is 2.39. The number of nitrogens with zero attached hydrogens (tertiary/aromatic N) is 2. The van der Waals surface area contributed by atoms with E-state index in [-0.39, 0.29) is 11.0 Å². The van der Waals surface area contributed by atoms with Gasteiger partial charge < -0.3 is 10.0 Å². The van der Waals surface area contributed by atoms with Gasteiger partial charge in [-0.15, -0.1) is 0 Å². The van der Waals surface area contributed by atoms with E-state index in [1.165, 1.54) is 12.3 Å². The third-order valence-electron chi connectivity index (χ3n) is 4.68. The average molecular weight is 286 g/mol. The number of pyridine rings is 1. The van der Waals surface area contributed by atoms with Gasteiger partial charge in [-0.1, -0.05) is 0 Å². The Kier molecular flexibility index (Phi) is 2.49. The Bertz CT molecular complexity index is 732. The van der Waals surface area contributed by atoms with Crippen molar-refractivity contribution in [1.82, 2.24) is 4.98 Å². The van der Waals surface area contributed by atoms with Crippen LogP contribution in [-0.2, 0) is 0 Å². The molecular weight excluding hydrogens is 271 g/mol. The number of benzene rings is 1. The highest BCUT2D eigenvalue weighted by Crippen LogP contribution is 2.51. The number of fused-ring (bicyclic) bond motifs is 1. The Balaban J connectivity index is 1.65. The molecule has 0 bridgehead atoms. The molecule has 1 aromatic heterocycles. The molecule has 1 aliphatic heterocycles. The number of anilines is 1. The molecule has 0 amide bonds. The Morgan fingerprint density at radius 2 is 2.10 bits per heavy atom. The molecule has 2 aromatic rings. The van der Waals surface area contributed by atoms with Crippen molar-refractivity contribution in [2.75, 3.05) is 18.0 Å². The van der Waals surface area contributed by atoms with Gasteiger partial charge in [-0.2, -0.15) is 0 Å². The molecule has 1 spiro atoms. The molecule has 108 valence electrons. The van der Waals surface area contributed by atoms with Crippen molar-refractivity contribution >= 4 is 22.6 Å². The first-order chi connectivity index (χ1) is 10.1. The normalized spacial score (nSPS) is 20.3. The molecule has 5 heteroatoms. The van der Waals surface area contributed by atoms with E-state index in [4.69, 9.17) is 0 Å². The number of carboxylic acids is 1. The van der Waals surface area contributed by atoms with Crippen LogP contribution in [0.3, 0.4) is 0 Å². The quantitative estimate of drug-likeness (QED) is 0.922. The third-order valence-corrected chi connectivity index (χ3v) is 4.68. The number of carboxylic acid groups (broad SMARTS) is 1. The summed E-state index contributed by atoms with van der Waals surface area (Å²) < 4.78 is 13.0. The van der Waals surface area contributed by atoms with E-state index >= 15 is 0 Å². The van der Waals surface area contributed by atoms with E-state index in [2.05, 4.69) is 9.88 Å². The molecule has 4 nitrogen and oxygen atoms in total. The van der Waals surface area contributed by atoms with Crippen molar-refractivity contribution in [3.05, 3.63) is 36.0 Å². The maximum atomic E-state index is 13.0. The molecule has 0 atom stereocenters. The third kappa shape index (κ3) is 1.87. The summed E-state index contributed by atoms with van der Waals surface area (Å²) in [5.74, 6) is -0.945. The molecule has 1 aromatic carbocycles. The summed E-state index contributed by atoms with van der Waals surface area (Å²) in [6, 6.07) is 7.20. The molecule has 1 aliphatic carbocycles. The first-order valence-corrected chi connectivity index (χ1v) is 7.07. The summed E-state index contributed by atoms with van der Waals surface area (Å²) in [6.07, 6.45) is 2.21. The fraction of sp³-hybridized carbons (Fsp3) is 0.375. The predicted octanol–water partition coefficient (Wildman–Crippen LogP) is 2.87. The van der Waals surface area contributed by atoms with Crippen LogP contribution in [0.2, 0.25) is 0 Å². The zero-order chi connectivity index (χ0) is 14.6. The van der Waals surface area contributed by atoms with Crippen molar-refractivity contribution < 1.29 is 14.3 Å². The van der Waals surface area contributed by atoms with Crippen molar-refractivity contribution in [2.45, 2.75) is 19.0 Å². The molecule has 4 rings (SSSR count). The molecule has 1 N–H and O–H groups in total. The number of hydrogen-bond donors (Lipinski definition) is 1. The van der Waals surface area contributed by atoms with Crippen LogP contribution in [0, 0.1) is 5.41 Å². The minimum atomic E-state index is -0.945. The van der Waals surface area contributed by atoms with Crippen molar-refractivity contribution in [1.29, 1.82) is 0 Å². The molecule has 0 radical (unpaired) electrons. The number of aromatic nitrogens is 1. The highest BCUT2D eigenvalue weighted by Gasteiger charge is 2.52. The number of carbonyl (C=O) groups is 1. The van der Waals surface area contributed by atoms with Crippen molar-refractivity contribution in [2.24, 2.45) is 5.41 Å². The molecule has 1 saturated carbocycles. The molecule has 1 saturated heterocycles. The molecular formula is C16H15FN2O2. The number of halogens is 1. The lowest BCUT2D eigenvalue weighted by Gasteiger charge is -2.58. The molecule has 0 unspecified atom stereocenters. The van der Waals surface area contributed by atoms with E-state index in [0.717, 1.165) is 18.8 Å². The van der Waals surface area contributed by atoms with Crippen LogP contribution >= 0.6 is 0 Å². The fourth-order valence-electron chi connectivity index (χ4n) is 3.60. The van der Waals surface area contributed by atoms with Crippen molar-refractivity contribution in [3.63, 3.8) is 0 Å². The van der Waals surface area contributed by atoms with Gasteiger partial charge in [0.1, 0.15) is 6.17 Å². The van der Waals surface area contributed by atoms with E-state index < -0.39 is 12.1 Å². The summed E-state index contributed by atoms with van der Waals surface area (Å²) in [5.41, 5.74) is 2.11. The summed E-state index contributed by atoms with van der Waals surface area (Å²) in [5, 5.41) is 9.91. The predicted molar refractivity (Wildman–Crippen MR) is 77.5 cm³/mol. The minimum Gasteiger partial charge on any atom is -0.478 e. The highest BCUT2D eigenvalue weighted by atomic mass is 19.1. The van der Waals surface area contributed by atoms with Gasteiger partial charge in [0.15, 0.2) is 0 Å². The molecule has 2 aliphatic rings. The Morgan fingerprint density at radius 1 is 1.33 bits per heavy atom. The van der Waals surface area contributed by atoms with Gasteiger partial charge in [-0.3, -0.25) is 4.98 Å². The second-order valence-electron chi connectivity index (χ2n) is 6.23. The van der Waals surface area contributed by atoms with Crippen LogP contribution < -0.4 is 4.90 Å². The van der Waals surface area contributed by atoms with Gasteiger partial charge >= 0.3 is 5.97 Å². The Morgan fingerprint density at radius 3 is 2.76 bits per heavy atom. The summed E-state index contributed by atoms with van der Waals surface area (Å²) in [6.45, 7) is 1.73. The van der Waals surface area contributed by atoms with E-state index in [1.54, 1.807) is 0 Å². The van der Waals surface area contributed by atoms with Gasteiger partial charge in [0.25, 0.3) is 0 Å². The maximum absolute atomic E-state index is 13.0. The zero-order valence-electron chi connectivity index (χ0n) is 11.4. The van der Waals surface area contributed by atoms with Crippen LogP contribution in [0.1, 0.15) is 23.2 Å². The topological polar surface area (TPSA) is 53.4 Å². The lowest BCUT2D eigenvalue weighted by atomic mass is 9.62. The van der Waals surface area contributed by atoms with Gasteiger partial charge in [-0.05, 0) is 37.1 Å². The van der Waals surface area contributed by atoms with Gasteiger partial charge in [-0.25, -0.2) is 9.18 Å². The standard InChI is InChI=1S/C16H15FN2O2/c17-10-6-16(7-10)8-19(9-16)11-1-2-14-13(5-11)12(15(20)21)3-4-18-14/h1-5,10H,6-9H2,(H,20,21). The molecule has 2 heterocycles. The Hall–Kier alpha value is -2.17. The van der Waals surface area contributed by atoms with Crippen LogP contribution in [0.4, 0.5) is 10.1 Å². The van der Waals surface area contributed by atoms with Crippen molar-refractivity contribution in [3.8, 4) is 0 Å². The van der Waals surface area contributed by atoms with Gasteiger partial charge in [0.2, 0.25) is 0 Å². The SMILES string of the molecule is O=C(O)c1ccnc2ccc(N3CC4(CC(F)C4)C3)cc12. The summed E-state index contributed by atoms with van der Waals surface area (Å²) >= 11 is 0.